The summed E-state index contributed by atoms with van der Waals surface area (Å²) in [5.74, 6) is 1.47. The van der Waals surface area contributed by atoms with Crippen molar-refractivity contribution in [2.45, 2.75) is 45.1 Å². The zero-order chi connectivity index (χ0) is 19.5. The van der Waals surface area contributed by atoms with E-state index in [0.717, 1.165) is 25.3 Å². The molecule has 3 nitrogen and oxygen atoms in total. The number of likely N-dealkylation sites (N-methyl/N-ethyl adjacent to an activating group) is 1. The van der Waals surface area contributed by atoms with Gasteiger partial charge in [0.05, 0.1) is 0 Å². The highest BCUT2D eigenvalue weighted by atomic mass is 15.3. The second kappa shape index (κ2) is 8.57. The first kappa shape index (κ1) is 19.3. The maximum absolute atomic E-state index is 3.59. The largest absolute Gasteiger partial charge is 0.385 e. The molecular weight excluding hydrogens is 342 g/mol. The quantitative estimate of drug-likeness (QED) is 0.686. The molecule has 0 saturated carbocycles. The second-order valence-corrected chi connectivity index (χ2v) is 9.00. The highest BCUT2D eigenvalue weighted by molar-refractivity contribution is 5.56. The van der Waals surface area contributed by atoms with Crippen LogP contribution in [0.1, 0.15) is 43.7 Å². The Labute approximate surface area is 170 Å². The van der Waals surface area contributed by atoms with Gasteiger partial charge in [-0.1, -0.05) is 38.1 Å². The van der Waals surface area contributed by atoms with E-state index in [1.807, 2.05) is 0 Å². The van der Waals surface area contributed by atoms with Crippen LogP contribution in [0.2, 0.25) is 0 Å². The van der Waals surface area contributed by atoms with Gasteiger partial charge >= 0.3 is 0 Å². The Morgan fingerprint density at radius 2 is 1.75 bits per heavy atom. The lowest BCUT2D eigenvalue weighted by Gasteiger charge is -2.26. The first-order valence-electron chi connectivity index (χ1n) is 11.0. The smallest absolute Gasteiger partial charge is 0.0457 e. The van der Waals surface area contributed by atoms with Crippen molar-refractivity contribution in [1.82, 2.24) is 4.90 Å². The van der Waals surface area contributed by atoms with E-state index in [9.17, 15) is 0 Å². The van der Waals surface area contributed by atoms with E-state index >= 15 is 0 Å². The van der Waals surface area contributed by atoms with Crippen LogP contribution in [0.5, 0.6) is 0 Å². The second-order valence-electron chi connectivity index (χ2n) is 9.00. The van der Waals surface area contributed by atoms with Crippen LogP contribution in [0.4, 0.5) is 11.4 Å². The zero-order valence-electron chi connectivity index (χ0n) is 17.7. The van der Waals surface area contributed by atoms with E-state index in [0.29, 0.717) is 12.0 Å². The maximum atomic E-state index is 3.59. The lowest BCUT2D eigenvalue weighted by molar-refractivity contribution is 0.386. The van der Waals surface area contributed by atoms with Gasteiger partial charge in [-0.3, -0.25) is 0 Å². The van der Waals surface area contributed by atoms with E-state index < -0.39 is 0 Å². The number of benzene rings is 2. The molecule has 2 atom stereocenters. The third kappa shape index (κ3) is 4.35. The number of hydrogen-bond acceptors (Lipinski definition) is 3. The summed E-state index contributed by atoms with van der Waals surface area (Å²) in [5, 5.41) is 3.59. The van der Waals surface area contributed by atoms with Gasteiger partial charge in [-0.05, 0) is 73.5 Å². The van der Waals surface area contributed by atoms with Gasteiger partial charge in [-0.15, -0.1) is 0 Å². The average molecular weight is 378 g/mol. The molecule has 0 unspecified atom stereocenters. The average Bonchev–Trinajstić information content (AvgIpc) is 3.25. The summed E-state index contributed by atoms with van der Waals surface area (Å²) >= 11 is 0. The van der Waals surface area contributed by atoms with Crippen molar-refractivity contribution in [3.05, 3.63) is 59.7 Å². The molecule has 2 heterocycles. The third-order valence-electron chi connectivity index (χ3n) is 6.55. The van der Waals surface area contributed by atoms with E-state index in [4.69, 9.17) is 0 Å². The molecule has 2 saturated heterocycles. The van der Waals surface area contributed by atoms with E-state index in [-0.39, 0.29) is 0 Å². The fraction of sp³-hybridized carbons (Fsp3) is 0.520. The summed E-state index contributed by atoms with van der Waals surface area (Å²) in [6, 6.07) is 18.9. The normalized spacial score (nSPS) is 22.1. The number of fused-ring (bicyclic) bond motifs is 1. The molecule has 0 spiro atoms. The molecule has 4 rings (SSSR count). The Balaban J connectivity index is 1.24. The Hall–Kier alpha value is -2.00. The van der Waals surface area contributed by atoms with Crippen LogP contribution in [0.15, 0.2) is 48.5 Å². The summed E-state index contributed by atoms with van der Waals surface area (Å²) < 4.78 is 0. The first-order chi connectivity index (χ1) is 13.6. The molecule has 1 N–H and O–H groups in total. The summed E-state index contributed by atoms with van der Waals surface area (Å²) in [7, 11) is 2.25. The molecule has 2 aliphatic rings. The summed E-state index contributed by atoms with van der Waals surface area (Å²) in [6.07, 6.45) is 3.63. The standard InChI is InChI=1S/C25H35N3/c1-19(2)21-8-6-20(7-9-21)5-4-15-26-23-10-12-24(13-11-23)28-16-14-22-17-27(3)18-25(22)28/h6-13,19,22,25-26H,4-5,14-18H2,1-3H3/t22-,25+/m0/s1. The molecule has 150 valence electrons. The van der Waals surface area contributed by atoms with Crippen LogP contribution in [-0.4, -0.2) is 44.2 Å². The van der Waals surface area contributed by atoms with Gasteiger partial charge in [0.25, 0.3) is 0 Å². The van der Waals surface area contributed by atoms with Crippen molar-refractivity contribution in [2.75, 3.05) is 43.4 Å². The molecule has 2 fully saturated rings. The molecule has 0 aromatic heterocycles. The number of hydrogen-bond donors (Lipinski definition) is 1. The number of aryl methyl sites for hydroxylation is 1. The van der Waals surface area contributed by atoms with Crippen molar-refractivity contribution in [1.29, 1.82) is 0 Å². The van der Waals surface area contributed by atoms with Crippen LogP contribution >= 0.6 is 0 Å². The molecular formula is C25H35N3. The Kier molecular flexibility index (Phi) is 5.91. The number of anilines is 2. The Morgan fingerprint density at radius 3 is 2.46 bits per heavy atom. The minimum Gasteiger partial charge on any atom is -0.385 e. The van der Waals surface area contributed by atoms with Gasteiger partial charge in [0.1, 0.15) is 0 Å². The van der Waals surface area contributed by atoms with E-state index in [2.05, 4.69) is 84.5 Å². The van der Waals surface area contributed by atoms with Crippen molar-refractivity contribution in [3.63, 3.8) is 0 Å². The van der Waals surface area contributed by atoms with Crippen LogP contribution in [0.25, 0.3) is 0 Å². The Morgan fingerprint density at radius 1 is 1.00 bits per heavy atom. The van der Waals surface area contributed by atoms with Gasteiger partial charge in [-0.2, -0.15) is 0 Å². The van der Waals surface area contributed by atoms with Crippen LogP contribution in [0, 0.1) is 5.92 Å². The van der Waals surface area contributed by atoms with Gasteiger partial charge in [0, 0.05) is 43.6 Å². The van der Waals surface area contributed by atoms with E-state index in [1.54, 1.807) is 0 Å². The predicted molar refractivity (Wildman–Crippen MR) is 121 cm³/mol. The maximum Gasteiger partial charge on any atom is 0.0457 e. The number of nitrogens with zero attached hydrogens (tertiary/aromatic N) is 2. The van der Waals surface area contributed by atoms with Gasteiger partial charge in [0.15, 0.2) is 0 Å². The molecule has 2 aliphatic heterocycles. The molecule has 3 heteroatoms. The third-order valence-corrected chi connectivity index (χ3v) is 6.55. The number of nitrogens with one attached hydrogen (secondary N) is 1. The predicted octanol–water partition coefficient (Wildman–Crippen LogP) is 5.00. The molecule has 0 amide bonds. The van der Waals surface area contributed by atoms with Gasteiger partial charge in [0.2, 0.25) is 0 Å². The lowest BCUT2D eigenvalue weighted by atomic mass is 10.0. The molecule has 2 aromatic rings. The summed E-state index contributed by atoms with van der Waals surface area (Å²) in [6.45, 7) is 9.21. The Bertz CT molecular complexity index is 750. The minimum atomic E-state index is 0.611. The van der Waals surface area contributed by atoms with Crippen molar-refractivity contribution in [3.8, 4) is 0 Å². The molecule has 0 radical (unpaired) electrons. The van der Waals surface area contributed by atoms with E-state index in [1.165, 1.54) is 48.6 Å². The fourth-order valence-corrected chi connectivity index (χ4v) is 4.86. The summed E-state index contributed by atoms with van der Waals surface area (Å²) in [4.78, 5) is 5.10. The zero-order valence-corrected chi connectivity index (χ0v) is 17.7. The molecule has 0 bridgehead atoms. The minimum absolute atomic E-state index is 0.611. The number of rotatable bonds is 7. The number of likely N-dealkylation sites (tertiary alicyclic amines) is 1. The van der Waals surface area contributed by atoms with Crippen LogP contribution in [0.3, 0.4) is 0 Å². The first-order valence-corrected chi connectivity index (χ1v) is 11.0. The van der Waals surface area contributed by atoms with Crippen molar-refractivity contribution < 1.29 is 0 Å². The molecule has 28 heavy (non-hydrogen) atoms. The van der Waals surface area contributed by atoms with Crippen molar-refractivity contribution in [2.24, 2.45) is 5.92 Å². The summed E-state index contributed by atoms with van der Waals surface area (Å²) in [5.41, 5.74) is 5.49. The topological polar surface area (TPSA) is 18.5 Å². The fourth-order valence-electron chi connectivity index (χ4n) is 4.86. The SMILES string of the molecule is CC(C)c1ccc(CCCNc2ccc(N3CC[C@H]4CN(C)C[C@H]43)cc2)cc1. The van der Waals surface area contributed by atoms with Gasteiger partial charge in [-0.25, -0.2) is 0 Å². The highest BCUT2D eigenvalue weighted by Crippen LogP contribution is 2.34. The molecule has 2 aromatic carbocycles. The highest BCUT2D eigenvalue weighted by Gasteiger charge is 2.39. The van der Waals surface area contributed by atoms with Gasteiger partial charge < -0.3 is 15.1 Å². The lowest BCUT2D eigenvalue weighted by Crippen LogP contribution is -2.34. The van der Waals surface area contributed by atoms with Crippen LogP contribution < -0.4 is 10.2 Å². The van der Waals surface area contributed by atoms with Crippen LogP contribution in [-0.2, 0) is 6.42 Å². The monoisotopic (exact) mass is 377 g/mol. The molecule has 0 aliphatic carbocycles. The van der Waals surface area contributed by atoms with Crippen molar-refractivity contribution >= 4 is 11.4 Å².